The van der Waals surface area contributed by atoms with Gasteiger partial charge in [-0.15, -0.1) is 0 Å². The first-order valence-corrected chi connectivity index (χ1v) is 6.97. The molecule has 0 bridgehead atoms. The molecule has 0 saturated carbocycles. The van der Waals surface area contributed by atoms with Crippen LogP contribution in [0.4, 0.5) is 5.69 Å². The Morgan fingerprint density at radius 3 is 2.53 bits per heavy atom. The van der Waals surface area contributed by atoms with Crippen molar-refractivity contribution >= 4 is 21.6 Å². The van der Waals surface area contributed by atoms with Gasteiger partial charge in [0.05, 0.1) is 6.10 Å². The average Bonchev–Trinajstić information content (AvgIpc) is 2.27. The molecular weight excluding hydrogens is 278 g/mol. The van der Waals surface area contributed by atoms with Gasteiger partial charge < -0.3 is 10.0 Å². The highest BCUT2D eigenvalue weighted by Crippen LogP contribution is 2.30. The molecule has 17 heavy (non-hydrogen) atoms. The Morgan fingerprint density at radius 2 is 2.00 bits per heavy atom. The molecule has 0 aliphatic carbocycles. The summed E-state index contributed by atoms with van der Waals surface area (Å²) in [7, 11) is 2.09. The molecule has 1 N–H and O–H groups in total. The van der Waals surface area contributed by atoms with E-state index in [1.165, 1.54) is 6.42 Å². The van der Waals surface area contributed by atoms with Crippen molar-refractivity contribution in [2.75, 3.05) is 11.9 Å². The number of hydrogen-bond donors (Lipinski definition) is 1. The second kappa shape index (κ2) is 6.41. The lowest BCUT2D eigenvalue weighted by Crippen LogP contribution is -2.29. The van der Waals surface area contributed by atoms with E-state index < -0.39 is 6.10 Å². The van der Waals surface area contributed by atoms with Gasteiger partial charge in [0.15, 0.2) is 0 Å². The first-order valence-electron chi connectivity index (χ1n) is 6.17. The molecule has 0 aromatic heterocycles. The lowest BCUT2D eigenvalue weighted by Gasteiger charge is -2.29. The summed E-state index contributed by atoms with van der Waals surface area (Å²) >= 11 is 3.49. The van der Waals surface area contributed by atoms with E-state index in [-0.39, 0.29) is 0 Å². The maximum atomic E-state index is 9.81. The predicted molar refractivity (Wildman–Crippen MR) is 77.5 cm³/mol. The van der Waals surface area contributed by atoms with E-state index in [1.54, 1.807) is 0 Å². The SMILES string of the molecule is CCCC(C)N(C)c1cc(Br)ccc1C(C)O. The predicted octanol–water partition coefficient (Wildman–Crippen LogP) is 4.13. The molecule has 0 fully saturated rings. The van der Waals surface area contributed by atoms with Gasteiger partial charge in [-0.25, -0.2) is 0 Å². The van der Waals surface area contributed by atoms with Gasteiger partial charge in [-0.3, -0.25) is 0 Å². The Labute approximate surface area is 113 Å². The zero-order chi connectivity index (χ0) is 13.0. The minimum absolute atomic E-state index is 0.436. The van der Waals surface area contributed by atoms with Crippen LogP contribution >= 0.6 is 15.9 Å². The molecule has 2 atom stereocenters. The maximum Gasteiger partial charge on any atom is 0.0782 e. The van der Waals surface area contributed by atoms with Gasteiger partial charge in [0.2, 0.25) is 0 Å². The quantitative estimate of drug-likeness (QED) is 0.884. The average molecular weight is 300 g/mol. The molecule has 3 heteroatoms. The number of hydrogen-bond acceptors (Lipinski definition) is 2. The number of halogens is 1. The van der Waals surface area contributed by atoms with Crippen LogP contribution in [0.3, 0.4) is 0 Å². The lowest BCUT2D eigenvalue weighted by atomic mass is 10.1. The molecule has 2 nitrogen and oxygen atoms in total. The molecule has 0 saturated heterocycles. The zero-order valence-electron chi connectivity index (χ0n) is 11.1. The minimum Gasteiger partial charge on any atom is -0.389 e. The molecule has 0 radical (unpaired) electrons. The van der Waals surface area contributed by atoms with Crippen molar-refractivity contribution in [3.05, 3.63) is 28.2 Å². The molecule has 0 spiro atoms. The smallest absolute Gasteiger partial charge is 0.0782 e. The number of rotatable bonds is 5. The Kier molecular flexibility index (Phi) is 5.47. The fraction of sp³-hybridized carbons (Fsp3) is 0.571. The summed E-state index contributed by atoms with van der Waals surface area (Å²) in [4.78, 5) is 2.25. The van der Waals surface area contributed by atoms with Crippen molar-refractivity contribution in [1.29, 1.82) is 0 Å². The number of aliphatic hydroxyl groups is 1. The molecule has 0 aliphatic heterocycles. The topological polar surface area (TPSA) is 23.5 Å². The van der Waals surface area contributed by atoms with Crippen LogP contribution in [0.15, 0.2) is 22.7 Å². The van der Waals surface area contributed by atoms with Gasteiger partial charge in [-0.2, -0.15) is 0 Å². The molecule has 96 valence electrons. The van der Waals surface area contributed by atoms with Crippen molar-refractivity contribution in [2.24, 2.45) is 0 Å². The van der Waals surface area contributed by atoms with E-state index in [4.69, 9.17) is 0 Å². The summed E-state index contributed by atoms with van der Waals surface area (Å²) in [6.45, 7) is 6.22. The van der Waals surface area contributed by atoms with Crippen LogP contribution in [0.1, 0.15) is 45.3 Å². The molecule has 0 aliphatic rings. The number of nitrogens with zero attached hydrogens (tertiary/aromatic N) is 1. The fourth-order valence-electron chi connectivity index (χ4n) is 2.02. The van der Waals surface area contributed by atoms with Crippen molar-refractivity contribution in [1.82, 2.24) is 0 Å². The Hall–Kier alpha value is -0.540. The van der Waals surface area contributed by atoms with Gasteiger partial charge in [-0.05, 0) is 32.4 Å². The van der Waals surface area contributed by atoms with Gasteiger partial charge in [0, 0.05) is 28.8 Å². The first kappa shape index (κ1) is 14.5. The standard InChI is InChI=1S/C14H22BrNO/c1-5-6-10(2)16(4)14-9-12(15)7-8-13(14)11(3)17/h7-11,17H,5-6H2,1-4H3. The van der Waals surface area contributed by atoms with E-state index >= 15 is 0 Å². The summed E-state index contributed by atoms with van der Waals surface area (Å²) in [5, 5.41) is 9.81. The molecule has 1 rings (SSSR count). The summed E-state index contributed by atoms with van der Waals surface area (Å²) in [6, 6.07) is 6.52. The van der Waals surface area contributed by atoms with Gasteiger partial charge in [0.1, 0.15) is 0 Å². The molecular formula is C14H22BrNO. The monoisotopic (exact) mass is 299 g/mol. The number of aliphatic hydroxyl groups excluding tert-OH is 1. The van der Waals surface area contributed by atoms with E-state index in [0.717, 1.165) is 22.1 Å². The maximum absolute atomic E-state index is 9.81. The van der Waals surface area contributed by atoms with Crippen LogP contribution < -0.4 is 4.90 Å². The van der Waals surface area contributed by atoms with Gasteiger partial charge in [-0.1, -0.05) is 35.3 Å². The van der Waals surface area contributed by atoms with Crippen molar-refractivity contribution in [3.63, 3.8) is 0 Å². The third-order valence-electron chi connectivity index (χ3n) is 3.19. The van der Waals surface area contributed by atoms with Crippen LogP contribution in [0, 0.1) is 0 Å². The summed E-state index contributed by atoms with van der Waals surface area (Å²) in [6.07, 6.45) is 1.89. The normalized spacial score (nSPS) is 14.5. The van der Waals surface area contributed by atoms with E-state index in [0.29, 0.717) is 6.04 Å². The summed E-state index contributed by atoms with van der Waals surface area (Å²) < 4.78 is 1.05. The van der Waals surface area contributed by atoms with Crippen molar-refractivity contribution < 1.29 is 5.11 Å². The Morgan fingerprint density at radius 1 is 1.35 bits per heavy atom. The Balaban J connectivity index is 3.05. The Bertz CT molecular complexity index is 365. The lowest BCUT2D eigenvalue weighted by molar-refractivity contribution is 0.199. The first-order chi connectivity index (χ1) is 7.97. The van der Waals surface area contributed by atoms with E-state index in [9.17, 15) is 5.11 Å². The highest BCUT2D eigenvalue weighted by molar-refractivity contribution is 9.10. The molecule has 0 amide bonds. The highest BCUT2D eigenvalue weighted by atomic mass is 79.9. The zero-order valence-corrected chi connectivity index (χ0v) is 12.7. The fourth-order valence-corrected chi connectivity index (χ4v) is 2.37. The van der Waals surface area contributed by atoms with E-state index in [1.807, 2.05) is 19.1 Å². The number of anilines is 1. The third-order valence-corrected chi connectivity index (χ3v) is 3.68. The molecule has 1 aromatic carbocycles. The summed E-state index contributed by atoms with van der Waals surface area (Å²) in [5.41, 5.74) is 2.09. The van der Waals surface area contributed by atoms with Crippen molar-refractivity contribution in [3.8, 4) is 0 Å². The molecule has 2 unspecified atom stereocenters. The van der Waals surface area contributed by atoms with E-state index in [2.05, 4.69) is 47.8 Å². The molecule has 1 aromatic rings. The van der Waals surface area contributed by atoms with Crippen LogP contribution in [0.2, 0.25) is 0 Å². The highest BCUT2D eigenvalue weighted by Gasteiger charge is 2.15. The van der Waals surface area contributed by atoms with Crippen molar-refractivity contribution in [2.45, 2.75) is 45.8 Å². The van der Waals surface area contributed by atoms with Crippen LogP contribution in [-0.2, 0) is 0 Å². The summed E-state index contributed by atoms with van der Waals surface area (Å²) in [5.74, 6) is 0. The third kappa shape index (κ3) is 3.71. The van der Waals surface area contributed by atoms with Crippen LogP contribution in [-0.4, -0.2) is 18.2 Å². The van der Waals surface area contributed by atoms with Crippen LogP contribution in [0.5, 0.6) is 0 Å². The molecule has 0 heterocycles. The second-order valence-corrected chi connectivity index (χ2v) is 5.54. The largest absolute Gasteiger partial charge is 0.389 e. The van der Waals surface area contributed by atoms with Gasteiger partial charge in [0.25, 0.3) is 0 Å². The van der Waals surface area contributed by atoms with Gasteiger partial charge >= 0.3 is 0 Å². The number of benzene rings is 1. The van der Waals surface area contributed by atoms with Crippen LogP contribution in [0.25, 0.3) is 0 Å². The minimum atomic E-state index is -0.436. The second-order valence-electron chi connectivity index (χ2n) is 4.63.